The number of carbonyl (C=O) groups excluding carboxylic acids is 1. The first-order chi connectivity index (χ1) is 15.6. The van der Waals surface area contributed by atoms with E-state index >= 15 is 0 Å². The Morgan fingerprint density at radius 2 is 1.82 bits per heavy atom. The Balaban J connectivity index is 1.68. The molecule has 0 spiro atoms. The largest absolute Gasteiger partial charge is 0.379 e. The molecule has 174 valence electrons. The van der Waals surface area contributed by atoms with Crippen molar-refractivity contribution in [1.82, 2.24) is 18.4 Å². The van der Waals surface area contributed by atoms with Crippen LogP contribution in [0.15, 0.2) is 44.9 Å². The first-order valence-corrected chi connectivity index (χ1v) is 11.3. The molecule has 1 N–H and O–H groups in total. The molecule has 1 amide bonds. The third-order valence-electron chi connectivity index (χ3n) is 5.34. The molecule has 0 saturated carbocycles. The molecule has 13 heteroatoms. The van der Waals surface area contributed by atoms with Crippen LogP contribution < -0.4 is 16.6 Å². The second-order valence-electron chi connectivity index (χ2n) is 7.41. The van der Waals surface area contributed by atoms with E-state index in [-0.39, 0.29) is 47.9 Å². The van der Waals surface area contributed by atoms with Crippen molar-refractivity contribution in [2.24, 2.45) is 14.1 Å². The number of anilines is 1. The van der Waals surface area contributed by atoms with Gasteiger partial charge in [0.25, 0.3) is 11.5 Å². The third-order valence-corrected chi connectivity index (χ3v) is 7.24. The molecule has 0 aliphatic carbocycles. The van der Waals surface area contributed by atoms with E-state index in [1.807, 2.05) is 0 Å². The van der Waals surface area contributed by atoms with Crippen LogP contribution in [0.4, 0.5) is 10.1 Å². The van der Waals surface area contributed by atoms with Crippen LogP contribution in [0.3, 0.4) is 0 Å². The van der Waals surface area contributed by atoms with Gasteiger partial charge in [-0.15, -0.1) is 0 Å². The molecular weight excluding hydrogens is 457 g/mol. The van der Waals surface area contributed by atoms with Gasteiger partial charge in [-0.1, -0.05) is 0 Å². The number of nitrogens with zero attached hydrogens (tertiary/aromatic N) is 4. The van der Waals surface area contributed by atoms with Crippen molar-refractivity contribution in [2.75, 3.05) is 31.6 Å². The maximum Gasteiger partial charge on any atom is 0.332 e. The summed E-state index contributed by atoms with van der Waals surface area (Å²) in [6, 6.07) is 4.28. The topological polar surface area (TPSA) is 133 Å². The van der Waals surface area contributed by atoms with Crippen molar-refractivity contribution in [2.45, 2.75) is 4.90 Å². The van der Waals surface area contributed by atoms with Crippen molar-refractivity contribution in [3.05, 3.63) is 62.7 Å². The van der Waals surface area contributed by atoms with Crippen molar-refractivity contribution in [3.8, 4) is 0 Å². The molecule has 4 rings (SSSR count). The molecule has 1 aliphatic heterocycles. The molecular formula is C20H20FN5O6S. The number of aryl methyl sites for hydroxylation is 1. The van der Waals surface area contributed by atoms with Crippen LogP contribution in [0.25, 0.3) is 11.0 Å². The molecule has 1 fully saturated rings. The van der Waals surface area contributed by atoms with Crippen molar-refractivity contribution in [3.63, 3.8) is 0 Å². The lowest BCUT2D eigenvalue weighted by atomic mass is 10.2. The average molecular weight is 477 g/mol. The Bertz CT molecular complexity index is 1490. The van der Waals surface area contributed by atoms with Gasteiger partial charge >= 0.3 is 5.69 Å². The Labute approximate surface area is 187 Å². The smallest absolute Gasteiger partial charge is 0.332 e. The maximum atomic E-state index is 14.4. The minimum absolute atomic E-state index is 0.0708. The number of fused-ring (bicyclic) bond motifs is 1. The molecule has 1 saturated heterocycles. The summed E-state index contributed by atoms with van der Waals surface area (Å²) in [5.74, 6) is -1.84. The lowest BCUT2D eigenvalue weighted by Gasteiger charge is -2.26. The normalized spacial score (nSPS) is 15.0. The molecule has 3 aromatic rings. The summed E-state index contributed by atoms with van der Waals surface area (Å²) in [6.07, 6.45) is 1.21. The number of hydrogen-bond acceptors (Lipinski definition) is 7. The van der Waals surface area contributed by atoms with E-state index in [2.05, 4.69) is 10.3 Å². The predicted molar refractivity (Wildman–Crippen MR) is 116 cm³/mol. The highest BCUT2D eigenvalue weighted by atomic mass is 32.2. The van der Waals surface area contributed by atoms with Gasteiger partial charge in [0.05, 0.1) is 40.9 Å². The molecule has 3 heterocycles. The van der Waals surface area contributed by atoms with Gasteiger partial charge in [-0.2, -0.15) is 4.31 Å². The van der Waals surface area contributed by atoms with E-state index in [9.17, 15) is 27.2 Å². The van der Waals surface area contributed by atoms with Crippen molar-refractivity contribution in [1.29, 1.82) is 0 Å². The number of aromatic nitrogens is 3. The number of amides is 1. The van der Waals surface area contributed by atoms with Crippen molar-refractivity contribution < 1.29 is 22.3 Å². The van der Waals surface area contributed by atoms with E-state index < -0.39 is 38.6 Å². The number of morpholine rings is 1. The van der Waals surface area contributed by atoms with E-state index in [0.717, 1.165) is 22.8 Å². The molecule has 2 aromatic heterocycles. The van der Waals surface area contributed by atoms with E-state index in [1.54, 1.807) is 0 Å². The number of ether oxygens (including phenoxy) is 1. The number of nitrogens with one attached hydrogen (secondary N) is 1. The SMILES string of the molecule is Cn1c(=O)c2cc(NC(=O)c3cc(S(=O)(=O)N4CCOCC4)ccc3F)cnc2n(C)c1=O. The second kappa shape index (κ2) is 8.50. The summed E-state index contributed by atoms with van der Waals surface area (Å²) in [4.78, 5) is 41.0. The summed E-state index contributed by atoms with van der Waals surface area (Å²) in [5.41, 5.74) is -1.47. The number of halogens is 1. The third kappa shape index (κ3) is 4.05. The van der Waals surface area contributed by atoms with Gasteiger partial charge in [0.1, 0.15) is 11.5 Å². The zero-order valence-corrected chi connectivity index (χ0v) is 18.6. The number of rotatable bonds is 4. The minimum atomic E-state index is -3.94. The Morgan fingerprint density at radius 3 is 2.52 bits per heavy atom. The number of benzene rings is 1. The van der Waals surface area contributed by atoms with E-state index in [0.29, 0.717) is 0 Å². The lowest BCUT2D eigenvalue weighted by Crippen LogP contribution is -2.40. The fourth-order valence-electron chi connectivity index (χ4n) is 3.51. The Hall–Kier alpha value is -3.42. The van der Waals surface area contributed by atoms with Gasteiger partial charge in [0.2, 0.25) is 10.0 Å². The molecule has 1 aromatic carbocycles. The van der Waals surface area contributed by atoms with Gasteiger partial charge in [0.15, 0.2) is 0 Å². The van der Waals surface area contributed by atoms with Gasteiger partial charge in [-0.05, 0) is 24.3 Å². The average Bonchev–Trinajstić information content (AvgIpc) is 2.82. The van der Waals surface area contributed by atoms with Gasteiger partial charge < -0.3 is 10.1 Å². The second-order valence-corrected chi connectivity index (χ2v) is 9.35. The Morgan fingerprint density at radius 1 is 1.12 bits per heavy atom. The summed E-state index contributed by atoms with van der Waals surface area (Å²) >= 11 is 0. The van der Waals surface area contributed by atoms with Crippen LogP contribution in [0.2, 0.25) is 0 Å². The molecule has 0 radical (unpaired) electrons. The predicted octanol–water partition coefficient (Wildman–Crippen LogP) is 0.0445. The van der Waals surface area contributed by atoms with Crippen LogP contribution in [0.1, 0.15) is 10.4 Å². The molecule has 0 bridgehead atoms. The maximum absolute atomic E-state index is 14.4. The van der Waals surface area contributed by atoms with Crippen LogP contribution in [0.5, 0.6) is 0 Å². The molecule has 1 aliphatic rings. The van der Waals surface area contributed by atoms with Gasteiger partial charge in [-0.3, -0.25) is 18.7 Å². The number of sulfonamides is 1. The van der Waals surface area contributed by atoms with Crippen molar-refractivity contribution >= 4 is 32.7 Å². The van der Waals surface area contributed by atoms with Crippen LogP contribution in [0, 0.1) is 5.82 Å². The first-order valence-electron chi connectivity index (χ1n) is 9.86. The zero-order valence-electron chi connectivity index (χ0n) is 17.7. The summed E-state index contributed by atoms with van der Waals surface area (Å²) in [6.45, 7) is 0.796. The minimum Gasteiger partial charge on any atom is -0.379 e. The van der Waals surface area contributed by atoms with E-state index in [1.165, 1.54) is 35.2 Å². The van der Waals surface area contributed by atoms with Crippen LogP contribution >= 0.6 is 0 Å². The lowest BCUT2D eigenvalue weighted by molar-refractivity contribution is 0.0730. The van der Waals surface area contributed by atoms with E-state index in [4.69, 9.17) is 4.74 Å². The quantitative estimate of drug-likeness (QED) is 0.561. The van der Waals surface area contributed by atoms with Crippen LogP contribution in [-0.2, 0) is 28.9 Å². The number of pyridine rings is 1. The highest BCUT2D eigenvalue weighted by molar-refractivity contribution is 7.89. The van der Waals surface area contributed by atoms with Gasteiger partial charge in [-0.25, -0.2) is 22.6 Å². The highest BCUT2D eigenvalue weighted by Gasteiger charge is 2.28. The molecule has 0 unspecified atom stereocenters. The van der Waals surface area contributed by atoms with Crippen LogP contribution in [-0.4, -0.2) is 59.1 Å². The number of carbonyl (C=O) groups is 1. The van der Waals surface area contributed by atoms with Gasteiger partial charge in [0, 0.05) is 27.2 Å². The fraction of sp³-hybridized carbons (Fsp3) is 0.300. The summed E-state index contributed by atoms with van der Waals surface area (Å²) < 4.78 is 48.6. The Kier molecular flexibility index (Phi) is 5.86. The summed E-state index contributed by atoms with van der Waals surface area (Å²) in [5, 5.41) is 2.50. The highest BCUT2D eigenvalue weighted by Crippen LogP contribution is 2.21. The number of hydrogen-bond donors (Lipinski definition) is 1. The molecule has 11 nitrogen and oxygen atoms in total. The zero-order chi connectivity index (χ0) is 23.9. The first kappa shape index (κ1) is 22.8. The monoisotopic (exact) mass is 477 g/mol. The fourth-order valence-corrected chi connectivity index (χ4v) is 4.94. The standard InChI is InChI=1S/C20H20FN5O6S/c1-24-17-15(19(28)25(2)20(24)29)9-12(11-22-17)23-18(27)14-10-13(3-4-16(14)21)33(30,31)26-5-7-32-8-6-26/h3-4,9-11H,5-8H2,1-2H3,(H,23,27). The summed E-state index contributed by atoms with van der Waals surface area (Å²) in [7, 11) is -1.18. The molecule has 0 atom stereocenters. The molecule has 33 heavy (non-hydrogen) atoms.